The van der Waals surface area contributed by atoms with Crippen molar-refractivity contribution in [1.82, 2.24) is 9.97 Å². The number of hydrogen-bond donors (Lipinski definition) is 1. The molecule has 3 unspecified atom stereocenters. The maximum Gasteiger partial charge on any atom is 0.274 e. The van der Waals surface area contributed by atoms with E-state index in [1.165, 1.54) is 6.07 Å². The highest BCUT2D eigenvalue weighted by molar-refractivity contribution is 5.52. The molecule has 2 heterocycles. The van der Waals surface area contributed by atoms with Crippen molar-refractivity contribution in [1.29, 1.82) is 0 Å². The summed E-state index contributed by atoms with van der Waals surface area (Å²) in [5.41, 5.74) is 1.81. The lowest BCUT2D eigenvalue weighted by Crippen LogP contribution is -2.41. The molecule has 4 aromatic rings. The highest BCUT2D eigenvalue weighted by Crippen LogP contribution is 2.47. The smallest absolute Gasteiger partial charge is 0.274 e. The topological polar surface area (TPSA) is 92.4 Å². The van der Waals surface area contributed by atoms with Crippen LogP contribution in [0.15, 0.2) is 103 Å². The van der Waals surface area contributed by atoms with E-state index in [-0.39, 0.29) is 16.7 Å². The Morgan fingerprint density at radius 3 is 2.06 bits per heavy atom. The van der Waals surface area contributed by atoms with Gasteiger partial charge in [-0.3, -0.25) is 15.1 Å². The highest BCUT2D eigenvalue weighted by Gasteiger charge is 2.41. The number of hydrogen-bond acceptors (Lipinski definition) is 6. The molecule has 35 heavy (non-hydrogen) atoms. The van der Waals surface area contributed by atoms with Crippen LogP contribution in [-0.2, 0) is 0 Å². The molecular weight excluding hydrogens is 440 g/mol. The van der Waals surface area contributed by atoms with Crippen molar-refractivity contribution in [3.05, 3.63) is 130 Å². The molecule has 0 aliphatic rings. The first-order valence-electron chi connectivity index (χ1n) is 11.6. The van der Waals surface area contributed by atoms with E-state index < -0.39 is 18.1 Å². The van der Waals surface area contributed by atoms with E-state index in [1.807, 2.05) is 85.5 Å². The third kappa shape index (κ3) is 5.20. The van der Waals surface area contributed by atoms with Gasteiger partial charge in [-0.2, -0.15) is 0 Å². The van der Waals surface area contributed by atoms with Crippen molar-refractivity contribution in [2.24, 2.45) is 0 Å². The van der Waals surface area contributed by atoms with Gasteiger partial charge in [-0.15, -0.1) is 0 Å². The molecule has 2 aromatic heterocycles. The molecule has 1 N–H and O–H groups in total. The summed E-state index contributed by atoms with van der Waals surface area (Å²) in [6, 6.07) is 26.4. The summed E-state index contributed by atoms with van der Waals surface area (Å²) in [4.78, 5) is 23.0. The molecule has 0 aliphatic carbocycles. The second-order valence-electron chi connectivity index (χ2n) is 8.59. The third-order valence-corrected chi connectivity index (χ3v) is 6.07. The number of para-hydroxylation sites is 1. The number of benzene rings is 2. The molecule has 0 bridgehead atoms. The monoisotopic (exact) mass is 468 g/mol. The van der Waals surface area contributed by atoms with Crippen molar-refractivity contribution >= 4 is 11.5 Å². The average molecular weight is 469 g/mol. The summed E-state index contributed by atoms with van der Waals surface area (Å²) < 4.78 is 0. The number of nitro benzene ring substituents is 1. The van der Waals surface area contributed by atoms with Crippen LogP contribution in [0, 0.1) is 10.1 Å². The minimum absolute atomic E-state index is 0.0136. The van der Waals surface area contributed by atoms with Crippen molar-refractivity contribution in [3.8, 4) is 0 Å². The second kappa shape index (κ2) is 10.9. The normalized spacial score (nSPS) is 13.7. The molecule has 0 radical (unpaired) electrons. The summed E-state index contributed by atoms with van der Waals surface area (Å²) in [7, 11) is 0. The molecule has 0 fully saturated rings. The van der Waals surface area contributed by atoms with E-state index in [0.29, 0.717) is 22.6 Å². The largest absolute Gasteiger partial charge is 0.388 e. The number of pyridine rings is 2. The molecule has 0 saturated carbocycles. The molecule has 0 spiro atoms. The minimum Gasteiger partial charge on any atom is -0.388 e. The van der Waals surface area contributed by atoms with Gasteiger partial charge in [-0.25, -0.2) is 4.98 Å². The van der Waals surface area contributed by atoms with Gasteiger partial charge in [0.25, 0.3) is 5.69 Å². The number of aliphatic hydroxyl groups excluding tert-OH is 1. The number of nitrogens with zero attached hydrogens (tertiary/aromatic N) is 4. The third-order valence-electron chi connectivity index (χ3n) is 6.07. The van der Waals surface area contributed by atoms with E-state index in [0.717, 1.165) is 0 Å². The molecule has 7 nitrogen and oxygen atoms in total. The van der Waals surface area contributed by atoms with Crippen LogP contribution in [0.3, 0.4) is 0 Å². The van der Waals surface area contributed by atoms with Crippen LogP contribution in [0.1, 0.15) is 48.7 Å². The van der Waals surface area contributed by atoms with Crippen LogP contribution >= 0.6 is 0 Å². The fourth-order valence-corrected chi connectivity index (χ4v) is 4.58. The Bertz CT molecular complexity index is 1240. The Labute approximate surface area is 204 Å². The molecule has 0 aliphatic heterocycles. The van der Waals surface area contributed by atoms with Crippen LogP contribution in [0.4, 0.5) is 11.5 Å². The number of nitro groups is 1. The molecule has 0 amide bonds. The van der Waals surface area contributed by atoms with Crippen molar-refractivity contribution in [2.45, 2.75) is 38.0 Å². The molecule has 4 rings (SSSR count). The minimum atomic E-state index is -0.985. The quantitative estimate of drug-likeness (QED) is 0.244. The van der Waals surface area contributed by atoms with Gasteiger partial charge < -0.3 is 10.0 Å². The lowest BCUT2D eigenvalue weighted by molar-refractivity contribution is -0.385. The molecule has 7 heteroatoms. The van der Waals surface area contributed by atoms with Gasteiger partial charge in [0.2, 0.25) is 0 Å². The van der Waals surface area contributed by atoms with Crippen LogP contribution in [0.25, 0.3) is 0 Å². The Hall–Kier alpha value is -4.10. The van der Waals surface area contributed by atoms with Crippen molar-refractivity contribution in [2.75, 3.05) is 4.90 Å². The van der Waals surface area contributed by atoms with Crippen LogP contribution in [-0.4, -0.2) is 26.0 Å². The summed E-state index contributed by atoms with van der Waals surface area (Å²) in [6.07, 6.45) is 2.39. The van der Waals surface area contributed by atoms with E-state index in [1.54, 1.807) is 30.6 Å². The fraction of sp³-hybridized carbons (Fsp3) is 0.214. The van der Waals surface area contributed by atoms with Gasteiger partial charge in [0, 0.05) is 30.2 Å². The van der Waals surface area contributed by atoms with E-state index in [2.05, 4.69) is 9.97 Å². The predicted octanol–water partition coefficient (Wildman–Crippen LogP) is 5.86. The van der Waals surface area contributed by atoms with Gasteiger partial charge in [0.05, 0.1) is 28.6 Å². The lowest BCUT2D eigenvalue weighted by Gasteiger charge is -2.42. The zero-order valence-corrected chi connectivity index (χ0v) is 19.7. The van der Waals surface area contributed by atoms with Crippen LogP contribution < -0.4 is 4.90 Å². The summed E-state index contributed by atoms with van der Waals surface area (Å²) in [6.45, 7) is 4.03. The number of aliphatic hydroxyl groups is 1. The molecule has 0 saturated heterocycles. The van der Waals surface area contributed by atoms with E-state index >= 15 is 0 Å². The summed E-state index contributed by atoms with van der Waals surface area (Å²) in [5.74, 6) is 0.0240. The summed E-state index contributed by atoms with van der Waals surface area (Å²) in [5, 5.41) is 24.0. The SMILES string of the molecule is CC(C)N(c1ccccn1)C(c1ccccc1[N+](=O)[O-])C(c1ccccn1)C(O)c1ccccc1. The van der Waals surface area contributed by atoms with Crippen LogP contribution in [0.5, 0.6) is 0 Å². The molecule has 3 atom stereocenters. The molecule has 178 valence electrons. The maximum absolute atomic E-state index is 12.1. The van der Waals surface area contributed by atoms with Crippen molar-refractivity contribution < 1.29 is 10.0 Å². The maximum atomic E-state index is 12.1. The Morgan fingerprint density at radius 1 is 0.829 bits per heavy atom. The molecular formula is C28H28N4O3. The Morgan fingerprint density at radius 2 is 1.46 bits per heavy atom. The standard InChI is InChI=1S/C28H28N4O3/c1-20(2)31(25-17-9-11-19-30-25)27(22-14-6-7-16-24(22)32(34)35)26(23-15-8-10-18-29-23)28(33)21-12-4-3-5-13-21/h3-20,26-28,33H,1-2H3. The first kappa shape index (κ1) is 24.0. The van der Waals surface area contributed by atoms with Crippen LogP contribution in [0.2, 0.25) is 0 Å². The van der Waals surface area contributed by atoms with Gasteiger partial charge in [0.15, 0.2) is 0 Å². The zero-order valence-electron chi connectivity index (χ0n) is 19.7. The lowest BCUT2D eigenvalue weighted by atomic mass is 9.80. The number of anilines is 1. The van der Waals surface area contributed by atoms with E-state index in [4.69, 9.17) is 0 Å². The molecule has 2 aromatic carbocycles. The zero-order chi connectivity index (χ0) is 24.8. The first-order valence-corrected chi connectivity index (χ1v) is 11.6. The Kier molecular flexibility index (Phi) is 7.48. The fourth-order valence-electron chi connectivity index (χ4n) is 4.58. The highest BCUT2D eigenvalue weighted by atomic mass is 16.6. The average Bonchev–Trinajstić information content (AvgIpc) is 2.89. The van der Waals surface area contributed by atoms with Gasteiger partial charge in [-0.05, 0) is 43.7 Å². The first-order chi connectivity index (χ1) is 17.0. The predicted molar refractivity (Wildman–Crippen MR) is 136 cm³/mol. The Balaban J connectivity index is 2.01. The number of aromatic nitrogens is 2. The van der Waals surface area contributed by atoms with Gasteiger partial charge in [0.1, 0.15) is 5.82 Å². The van der Waals surface area contributed by atoms with Gasteiger partial charge in [-0.1, -0.05) is 60.7 Å². The summed E-state index contributed by atoms with van der Waals surface area (Å²) >= 11 is 0. The van der Waals surface area contributed by atoms with Crippen molar-refractivity contribution in [3.63, 3.8) is 0 Å². The van der Waals surface area contributed by atoms with E-state index in [9.17, 15) is 15.2 Å². The second-order valence-corrected chi connectivity index (χ2v) is 8.59. The number of rotatable bonds is 9. The van der Waals surface area contributed by atoms with Gasteiger partial charge >= 0.3 is 0 Å².